The molecule has 6 heteroatoms. The summed E-state index contributed by atoms with van der Waals surface area (Å²) in [6.07, 6.45) is 6.69. The van der Waals surface area contributed by atoms with Crippen LogP contribution in [0.25, 0.3) is 66.8 Å². The summed E-state index contributed by atoms with van der Waals surface area (Å²) in [7, 11) is 0. The third kappa shape index (κ3) is 21.9. The third-order valence-electron chi connectivity index (χ3n) is 27.7. The number of unbranched alkanes of at least 4 members (excludes halogenated alkanes) is 2. The Hall–Kier alpha value is -16.8. The van der Waals surface area contributed by atoms with E-state index in [1.165, 1.54) is 129 Å². The fraction of sp³-hybridized carbons (Fsp3) is 0.130. The molecule has 20 aromatic rings. The van der Waals surface area contributed by atoms with Crippen LogP contribution in [0.15, 0.2) is 473 Å². The molecule has 0 spiro atoms. The Morgan fingerprint density at radius 3 is 0.500 bits per heavy atom. The van der Waals surface area contributed by atoms with Crippen LogP contribution >= 0.6 is 0 Å². The first-order valence-corrected chi connectivity index (χ1v) is 50.9. The summed E-state index contributed by atoms with van der Waals surface area (Å²) in [4.78, 5) is 14.3. The van der Waals surface area contributed by atoms with E-state index in [4.69, 9.17) is 0 Å². The molecule has 144 heavy (non-hydrogen) atoms. The van der Waals surface area contributed by atoms with E-state index in [0.29, 0.717) is 0 Å². The average molecular weight is 1870 g/mol. The molecule has 0 saturated carbocycles. The number of rotatable bonds is 30. The normalized spacial score (nSPS) is 11.1. The van der Waals surface area contributed by atoms with Crippen molar-refractivity contribution in [2.45, 2.75) is 122 Å². The fourth-order valence-corrected chi connectivity index (χ4v) is 20.1. The van der Waals surface area contributed by atoms with E-state index in [-0.39, 0.29) is 0 Å². The monoisotopic (exact) mass is 1870 g/mol. The lowest BCUT2D eigenvalue weighted by Gasteiger charge is -2.29. The van der Waals surface area contributed by atoms with Gasteiger partial charge >= 0.3 is 0 Å². The molecule has 0 aliphatic heterocycles. The fourth-order valence-electron chi connectivity index (χ4n) is 20.1. The number of anilines is 18. The third-order valence-corrected chi connectivity index (χ3v) is 27.7. The van der Waals surface area contributed by atoms with Crippen molar-refractivity contribution in [1.82, 2.24) is 0 Å². The SMILES string of the molecule is CCCCc1ccccc1N(c1ccc(-c2cc(-c3ccc(N(c4ccccc4C)c4ccccc4C)cc3)cc(-c3ccc(N(c4ccccc4C)c4ccccc4CCCC)cc3)c2)cc1)c1ccccc1C.Cc1cccc(N(c2ccc(-c3cc(-c4ccc(N(c5cccc(C)c5)c5cccc(C)c5)cc4)cc(-c4ccc(N(c5cccc(C)c5)c5cccc(C)c5)cc4)c3)cc2)c2cccc(C)c2)c1. The minimum absolute atomic E-state index is 1.04. The first-order valence-electron chi connectivity index (χ1n) is 50.9. The second kappa shape index (κ2) is 44.3. The van der Waals surface area contributed by atoms with Gasteiger partial charge in [-0.05, 0) is 447 Å². The minimum atomic E-state index is 1.04. The molecule has 0 aliphatic carbocycles. The van der Waals surface area contributed by atoms with Gasteiger partial charge in [0.2, 0.25) is 0 Å². The topological polar surface area (TPSA) is 19.4 Å². The van der Waals surface area contributed by atoms with Gasteiger partial charge in [0, 0.05) is 102 Å². The molecule has 708 valence electrons. The van der Waals surface area contributed by atoms with Gasteiger partial charge in [0.1, 0.15) is 0 Å². The van der Waals surface area contributed by atoms with Crippen molar-refractivity contribution in [3.63, 3.8) is 0 Å². The van der Waals surface area contributed by atoms with E-state index < -0.39 is 0 Å². The summed E-state index contributed by atoms with van der Waals surface area (Å²) in [6.45, 7) is 26.3. The predicted octanol–water partition coefficient (Wildman–Crippen LogP) is 40.0. The molecule has 20 aromatic carbocycles. The Bertz CT molecular complexity index is 7130. The number of hydrogen-bond donors (Lipinski definition) is 0. The summed E-state index contributed by atoms with van der Waals surface area (Å²) in [6, 6.07) is 174. The Morgan fingerprint density at radius 1 is 0.139 bits per heavy atom. The number of nitrogens with zero attached hydrogens (tertiary/aromatic N) is 6. The zero-order valence-corrected chi connectivity index (χ0v) is 85.0. The van der Waals surface area contributed by atoms with Gasteiger partial charge in [0.25, 0.3) is 0 Å². The van der Waals surface area contributed by atoms with Crippen molar-refractivity contribution in [3.8, 4) is 66.8 Å². The van der Waals surface area contributed by atoms with Gasteiger partial charge in [-0.3, -0.25) is 0 Å². The van der Waals surface area contributed by atoms with Gasteiger partial charge in [-0.15, -0.1) is 0 Å². The van der Waals surface area contributed by atoms with E-state index in [1.807, 2.05) is 0 Å². The van der Waals surface area contributed by atoms with E-state index >= 15 is 0 Å². The van der Waals surface area contributed by atoms with Crippen molar-refractivity contribution < 1.29 is 0 Å². The lowest BCUT2D eigenvalue weighted by Crippen LogP contribution is -2.13. The van der Waals surface area contributed by atoms with Crippen LogP contribution in [0, 0.1) is 69.2 Å². The second-order valence-electron chi connectivity index (χ2n) is 38.5. The quantitative estimate of drug-likeness (QED) is 0.0444. The molecule has 0 unspecified atom stereocenters. The Labute approximate surface area is 854 Å². The zero-order valence-electron chi connectivity index (χ0n) is 85.0. The number of aryl methyl sites for hydroxylation is 12. The number of para-hydroxylation sites is 6. The van der Waals surface area contributed by atoms with E-state index in [0.717, 1.165) is 146 Å². The van der Waals surface area contributed by atoms with Crippen LogP contribution in [0.3, 0.4) is 0 Å². The van der Waals surface area contributed by atoms with Gasteiger partial charge in [0.05, 0.1) is 0 Å². The molecule has 0 N–H and O–H groups in total. The minimum Gasteiger partial charge on any atom is -0.310 e. The maximum atomic E-state index is 2.45. The van der Waals surface area contributed by atoms with Gasteiger partial charge in [0.15, 0.2) is 0 Å². The van der Waals surface area contributed by atoms with Crippen LogP contribution < -0.4 is 29.4 Å². The van der Waals surface area contributed by atoms with Gasteiger partial charge in [-0.25, -0.2) is 0 Å². The van der Waals surface area contributed by atoms with Crippen LogP contribution in [0.2, 0.25) is 0 Å². The van der Waals surface area contributed by atoms with E-state index in [9.17, 15) is 0 Å². The maximum absolute atomic E-state index is 2.45. The highest BCUT2D eigenvalue weighted by Gasteiger charge is 2.26. The van der Waals surface area contributed by atoms with E-state index in [1.54, 1.807) is 0 Å². The number of benzene rings is 20. The number of hydrogen-bond acceptors (Lipinski definition) is 6. The van der Waals surface area contributed by atoms with Crippen molar-refractivity contribution >= 4 is 102 Å². The molecule has 0 radical (unpaired) electrons. The Morgan fingerprint density at radius 2 is 0.312 bits per heavy atom. The molecule has 0 heterocycles. The second-order valence-corrected chi connectivity index (χ2v) is 38.5. The molecule has 0 aromatic heterocycles. The smallest absolute Gasteiger partial charge is 0.0493 e. The van der Waals surface area contributed by atoms with Crippen LogP contribution in [0.1, 0.15) is 106 Å². The Balaban J connectivity index is 0.000000183. The lowest BCUT2D eigenvalue weighted by molar-refractivity contribution is 0.794. The molecular formula is C138H126N6. The van der Waals surface area contributed by atoms with Crippen molar-refractivity contribution in [3.05, 3.63) is 540 Å². The van der Waals surface area contributed by atoms with Crippen molar-refractivity contribution in [2.75, 3.05) is 29.4 Å². The first-order chi connectivity index (χ1) is 70.4. The molecule has 0 saturated heterocycles. The Kier molecular flexibility index (Phi) is 29.6. The van der Waals surface area contributed by atoms with Crippen LogP contribution in [-0.4, -0.2) is 0 Å². The molecule has 20 rings (SSSR count). The van der Waals surface area contributed by atoms with Crippen molar-refractivity contribution in [1.29, 1.82) is 0 Å². The van der Waals surface area contributed by atoms with Gasteiger partial charge < -0.3 is 29.4 Å². The largest absolute Gasteiger partial charge is 0.310 e. The zero-order chi connectivity index (χ0) is 99.1. The van der Waals surface area contributed by atoms with Gasteiger partial charge in [-0.1, -0.05) is 281 Å². The van der Waals surface area contributed by atoms with Gasteiger partial charge in [-0.2, -0.15) is 0 Å². The lowest BCUT2D eigenvalue weighted by atomic mass is 9.92. The summed E-state index contributed by atoms with van der Waals surface area (Å²) < 4.78 is 0. The van der Waals surface area contributed by atoms with Crippen molar-refractivity contribution in [2.24, 2.45) is 0 Å². The molecule has 0 fully saturated rings. The highest BCUT2D eigenvalue weighted by Crippen LogP contribution is 2.49. The van der Waals surface area contributed by atoms with Crippen LogP contribution in [-0.2, 0) is 12.8 Å². The van der Waals surface area contributed by atoms with Crippen LogP contribution in [0.4, 0.5) is 102 Å². The summed E-state index contributed by atoms with van der Waals surface area (Å²) in [5, 5.41) is 0. The molecule has 0 bridgehead atoms. The molecule has 0 aliphatic rings. The molecule has 0 atom stereocenters. The summed E-state index contributed by atoms with van der Waals surface area (Å²) in [5.41, 5.74) is 49.7. The highest BCUT2D eigenvalue weighted by molar-refractivity contribution is 5.92. The maximum Gasteiger partial charge on any atom is 0.0493 e. The standard InChI is InChI=1S/C72H69N3.C66H57N3/c1-7-9-27-59-29-15-21-35-71(59)74(69-33-19-13-25-54(69)5)65-45-39-57(40-46-65)62-49-61(56-37-43-64(44-38-56)73(67-31-17-11-23-52(67)3)68-32-18-12-24-53(68)4)50-63(51-62)58-41-47-66(48-42-58)75(70-34-20-14-26-55(70)6)72-36-22-16-30-60(72)28-10-8-2;1-46-13-7-19-61(37-46)67(62-20-8-14-47(2)38-62)58-31-25-52(26-32-58)55-43-56(53-27-33-59(34-28-53)68(63-21-9-15-48(3)39-63)64-22-10-16-49(4)40-64)45-57(44-55)54-29-35-60(36-30-54)69(65-23-11-17-50(5)41-65)66-24-12-18-51(6)42-66/h11-26,29-51H,7-10,27-28H2,1-6H3;7-45H,1-6H3. The van der Waals surface area contributed by atoms with E-state index in [2.05, 4.69) is 586 Å². The average Bonchev–Trinajstić information content (AvgIpc) is 0.771. The van der Waals surface area contributed by atoms with Crippen LogP contribution in [0.5, 0.6) is 0 Å². The predicted molar refractivity (Wildman–Crippen MR) is 618 cm³/mol. The molecular weight excluding hydrogens is 1740 g/mol. The summed E-state index contributed by atoms with van der Waals surface area (Å²) >= 11 is 0. The summed E-state index contributed by atoms with van der Waals surface area (Å²) in [5.74, 6) is 0. The first kappa shape index (κ1) is 96.1. The molecule has 6 nitrogen and oxygen atoms in total. The highest BCUT2D eigenvalue weighted by atomic mass is 15.2. The molecule has 0 amide bonds.